The summed E-state index contributed by atoms with van der Waals surface area (Å²) in [6.07, 6.45) is 0. The van der Waals surface area contributed by atoms with Gasteiger partial charge in [0.05, 0.1) is 6.54 Å². The normalized spacial score (nSPS) is 9.89. The Balaban J connectivity index is 2.77. The highest BCUT2D eigenvalue weighted by molar-refractivity contribution is 5.97. The Bertz CT molecular complexity index is 439. The van der Waals surface area contributed by atoms with Gasteiger partial charge in [0, 0.05) is 30.5 Å². The van der Waals surface area contributed by atoms with Gasteiger partial charge in [0.25, 0.3) is 5.91 Å². The van der Waals surface area contributed by atoms with E-state index in [0.29, 0.717) is 23.5 Å². The number of hydrogen-bond donors (Lipinski definition) is 3. The third kappa shape index (κ3) is 3.65. The maximum atomic E-state index is 12.0. The van der Waals surface area contributed by atoms with Crippen LogP contribution in [0.1, 0.15) is 17.3 Å². The quantitative estimate of drug-likeness (QED) is 0.657. The molecule has 0 atom stereocenters. The zero-order valence-electron chi connectivity index (χ0n) is 10.6. The second-order valence-electron chi connectivity index (χ2n) is 4.00. The van der Waals surface area contributed by atoms with Gasteiger partial charge in [-0.15, -0.1) is 0 Å². The molecule has 0 aromatic heterocycles. The van der Waals surface area contributed by atoms with E-state index < -0.39 is 0 Å². The SMILES string of the molecule is CCNC(=O)CN(C)C(=O)c1cc(N)cc(N)c1. The van der Waals surface area contributed by atoms with E-state index in [1.165, 1.54) is 17.0 Å². The summed E-state index contributed by atoms with van der Waals surface area (Å²) in [5, 5.41) is 2.62. The van der Waals surface area contributed by atoms with Crippen LogP contribution in [0.15, 0.2) is 18.2 Å². The van der Waals surface area contributed by atoms with Crippen LogP contribution in [0.3, 0.4) is 0 Å². The Kier molecular flexibility index (Phi) is 4.53. The monoisotopic (exact) mass is 250 g/mol. The lowest BCUT2D eigenvalue weighted by Gasteiger charge is -2.17. The van der Waals surface area contributed by atoms with E-state index in [-0.39, 0.29) is 18.4 Å². The Morgan fingerprint density at radius 1 is 1.22 bits per heavy atom. The molecule has 6 nitrogen and oxygen atoms in total. The molecule has 0 saturated heterocycles. The average molecular weight is 250 g/mol. The third-order valence-corrected chi connectivity index (χ3v) is 2.33. The summed E-state index contributed by atoms with van der Waals surface area (Å²) in [4.78, 5) is 24.7. The summed E-state index contributed by atoms with van der Waals surface area (Å²) in [5.41, 5.74) is 12.4. The Labute approximate surface area is 106 Å². The number of likely N-dealkylation sites (N-methyl/N-ethyl adjacent to an activating group) is 2. The number of hydrogen-bond acceptors (Lipinski definition) is 4. The number of nitrogens with two attached hydrogens (primary N) is 2. The van der Waals surface area contributed by atoms with Gasteiger partial charge in [0.2, 0.25) is 5.91 Å². The summed E-state index contributed by atoms with van der Waals surface area (Å²) in [6.45, 7) is 2.35. The van der Waals surface area contributed by atoms with E-state index in [9.17, 15) is 9.59 Å². The van der Waals surface area contributed by atoms with Crippen molar-refractivity contribution in [3.63, 3.8) is 0 Å². The summed E-state index contributed by atoms with van der Waals surface area (Å²) >= 11 is 0. The smallest absolute Gasteiger partial charge is 0.254 e. The number of carbonyl (C=O) groups excluding carboxylic acids is 2. The van der Waals surface area contributed by atoms with Crippen molar-refractivity contribution in [3.8, 4) is 0 Å². The number of amides is 2. The zero-order chi connectivity index (χ0) is 13.7. The van der Waals surface area contributed by atoms with Crippen molar-refractivity contribution in [3.05, 3.63) is 23.8 Å². The van der Waals surface area contributed by atoms with E-state index >= 15 is 0 Å². The van der Waals surface area contributed by atoms with Gasteiger partial charge >= 0.3 is 0 Å². The molecule has 0 radical (unpaired) electrons. The highest BCUT2D eigenvalue weighted by Crippen LogP contribution is 2.14. The lowest BCUT2D eigenvalue weighted by molar-refractivity contribution is -0.121. The number of nitrogens with zero attached hydrogens (tertiary/aromatic N) is 1. The van der Waals surface area contributed by atoms with Crippen LogP contribution < -0.4 is 16.8 Å². The maximum Gasteiger partial charge on any atom is 0.254 e. The average Bonchev–Trinajstić information content (AvgIpc) is 2.26. The van der Waals surface area contributed by atoms with Crippen LogP contribution in [0.5, 0.6) is 0 Å². The fourth-order valence-corrected chi connectivity index (χ4v) is 1.56. The molecule has 1 aromatic rings. The van der Waals surface area contributed by atoms with Crippen molar-refractivity contribution >= 4 is 23.2 Å². The first-order valence-corrected chi connectivity index (χ1v) is 5.62. The highest BCUT2D eigenvalue weighted by atomic mass is 16.2. The molecule has 0 bridgehead atoms. The van der Waals surface area contributed by atoms with Gasteiger partial charge in [-0.05, 0) is 25.1 Å². The van der Waals surface area contributed by atoms with Crippen LogP contribution in [0, 0.1) is 0 Å². The minimum Gasteiger partial charge on any atom is -0.399 e. The van der Waals surface area contributed by atoms with Crippen LogP contribution in [0.2, 0.25) is 0 Å². The van der Waals surface area contributed by atoms with Gasteiger partial charge in [-0.2, -0.15) is 0 Å². The number of benzene rings is 1. The van der Waals surface area contributed by atoms with Gasteiger partial charge in [-0.1, -0.05) is 0 Å². The predicted molar refractivity (Wildman–Crippen MR) is 70.9 cm³/mol. The molecular weight excluding hydrogens is 232 g/mol. The summed E-state index contributed by atoms with van der Waals surface area (Å²) < 4.78 is 0. The summed E-state index contributed by atoms with van der Waals surface area (Å²) in [7, 11) is 1.55. The summed E-state index contributed by atoms with van der Waals surface area (Å²) in [6, 6.07) is 4.64. The van der Waals surface area contributed by atoms with Gasteiger partial charge < -0.3 is 21.7 Å². The van der Waals surface area contributed by atoms with Gasteiger partial charge in [0.1, 0.15) is 0 Å². The second kappa shape index (κ2) is 5.90. The molecule has 18 heavy (non-hydrogen) atoms. The van der Waals surface area contributed by atoms with E-state index in [2.05, 4.69) is 5.32 Å². The van der Waals surface area contributed by atoms with Gasteiger partial charge in [-0.3, -0.25) is 9.59 Å². The Morgan fingerprint density at radius 2 is 1.78 bits per heavy atom. The van der Waals surface area contributed by atoms with E-state index in [1.807, 2.05) is 6.92 Å². The molecule has 1 rings (SSSR count). The molecule has 6 heteroatoms. The molecule has 5 N–H and O–H groups in total. The van der Waals surface area contributed by atoms with Crippen molar-refractivity contribution in [1.29, 1.82) is 0 Å². The highest BCUT2D eigenvalue weighted by Gasteiger charge is 2.15. The van der Waals surface area contributed by atoms with Crippen molar-refractivity contribution in [2.45, 2.75) is 6.92 Å². The number of nitrogen functional groups attached to an aromatic ring is 2. The number of anilines is 2. The second-order valence-corrected chi connectivity index (χ2v) is 4.00. The summed E-state index contributed by atoms with van der Waals surface area (Å²) in [5.74, 6) is -0.495. The largest absolute Gasteiger partial charge is 0.399 e. The van der Waals surface area contributed by atoms with Crippen LogP contribution in [0.4, 0.5) is 11.4 Å². The molecule has 98 valence electrons. The molecule has 0 aliphatic heterocycles. The van der Waals surface area contributed by atoms with Crippen LogP contribution in [-0.4, -0.2) is 36.9 Å². The molecule has 0 saturated carbocycles. The van der Waals surface area contributed by atoms with Crippen LogP contribution in [0.25, 0.3) is 0 Å². The fraction of sp³-hybridized carbons (Fsp3) is 0.333. The molecule has 0 unspecified atom stereocenters. The standard InChI is InChI=1S/C12H18N4O2/c1-3-15-11(17)7-16(2)12(18)8-4-9(13)6-10(14)5-8/h4-6H,3,7,13-14H2,1-2H3,(H,15,17). The topological polar surface area (TPSA) is 101 Å². The first kappa shape index (κ1) is 13.8. The van der Waals surface area contributed by atoms with Crippen LogP contribution >= 0.6 is 0 Å². The van der Waals surface area contributed by atoms with Crippen molar-refractivity contribution < 1.29 is 9.59 Å². The van der Waals surface area contributed by atoms with E-state index in [4.69, 9.17) is 11.5 Å². The third-order valence-electron chi connectivity index (χ3n) is 2.33. The first-order chi connectivity index (χ1) is 8.43. The number of nitrogens with one attached hydrogen (secondary N) is 1. The molecule has 2 amide bonds. The van der Waals surface area contributed by atoms with Crippen molar-refractivity contribution in [2.75, 3.05) is 31.6 Å². The van der Waals surface area contributed by atoms with Crippen molar-refractivity contribution in [2.24, 2.45) is 0 Å². The zero-order valence-corrected chi connectivity index (χ0v) is 10.6. The first-order valence-electron chi connectivity index (χ1n) is 5.62. The molecule has 0 aliphatic carbocycles. The molecule has 0 fully saturated rings. The predicted octanol–water partition coefficient (Wildman–Crippen LogP) is 0.0591. The van der Waals surface area contributed by atoms with E-state index in [1.54, 1.807) is 13.1 Å². The molecular formula is C12H18N4O2. The maximum absolute atomic E-state index is 12.0. The lowest BCUT2D eigenvalue weighted by atomic mass is 10.1. The van der Waals surface area contributed by atoms with E-state index in [0.717, 1.165) is 0 Å². The Morgan fingerprint density at radius 3 is 2.28 bits per heavy atom. The lowest BCUT2D eigenvalue weighted by Crippen LogP contribution is -2.38. The number of rotatable bonds is 4. The number of carbonyl (C=O) groups is 2. The van der Waals surface area contributed by atoms with Gasteiger partial charge in [0.15, 0.2) is 0 Å². The fourth-order valence-electron chi connectivity index (χ4n) is 1.56. The Hall–Kier alpha value is -2.24. The van der Waals surface area contributed by atoms with Crippen LogP contribution in [-0.2, 0) is 4.79 Å². The molecule has 1 aromatic carbocycles. The molecule has 0 aliphatic rings. The minimum absolute atomic E-state index is 0.00137. The molecule has 0 heterocycles. The van der Waals surface area contributed by atoms with Crippen molar-refractivity contribution in [1.82, 2.24) is 10.2 Å². The van der Waals surface area contributed by atoms with Gasteiger partial charge in [-0.25, -0.2) is 0 Å². The molecule has 0 spiro atoms. The minimum atomic E-state index is -0.291.